The van der Waals surface area contributed by atoms with Gasteiger partial charge in [0.25, 0.3) is 0 Å². The highest BCUT2D eigenvalue weighted by atomic mass is 16.5. The van der Waals surface area contributed by atoms with Crippen LogP contribution in [0.25, 0.3) is 0 Å². The van der Waals surface area contributed by atoms with E-state index in [0.29, 0.717) is 13.0 Å². The van der Waals surface area contributed by atoms with Crippen LogP contribution in [0.15, 0.2) is 73.3 Å². The van der Waals surface area contributed by atoms with Crippen molar-refractivity contribution >= 4 is 5.97 Å². The van der Waals surface area contributed by atoms with Gasteiger partial charge in [-0.1, -0.05) is 66.7 Å². The number of esters is 1. The average molecular weight is 280 g/mol. The first kappa shape index (κ1) is 15.0. The Bertz CT molecular complexity index is 561. The summed E-state index contributed by atoms with van der Waals surface area (Å²) in [5.74, 6) is -0.0403. The minimum atomic E-state index is -0.172. The number of ether oxygens (including phenoxy) is 1. The molecule has 0 aliphatic carbocycles. The Labute approximate surface area is 126 Å². The summed E-state index contributed by atoms with van der Waals surface area (Å²) >= 11 is 0. The molecule has 0 heterocycles. The summed E-state index contributed by atoms with van der Waals surface area (Å²) in [7, 11) is 0. The van der Waals surface area contributed by atoms with Crippen LogP contribution in [0.2, 0.25) is 0 Å². The third kappa shape index (κ3) is 4.92. The highest BCUT2D eigenvalue weighted by Crippen LogP contribution is 2.24. The molecule has 0 saturated carbocycles. The van der Waals surface area contributed by atoms with Crippen molar-refractivity contribution in [2.75, 3.05) is 0 Å². The molecule has 0 radical (unpaired) electrons. The number of carbonyl (C=O) groups is 1. The molecule has 0 fully saturated rings. The van der Waals surface area contributed by atoms with Crippen LogP contribution in [0, 0.1) is 0 Å². The number of hydrogen-bond acceptors (Lipinski definition) is 2. The third-order valence-corrected chi connectivity index (χ3v) is 3.38. The molecule has 108 valence electrons. The molecule has 0 N–H and O–H groups in total. The number of carbonyl (C=O) groups excluding carboxylic acids is 1. The van der Waals surface area contributed by atoms with Crippen molar-refractivity contribution in [2.24, 2.45) is 0 Å². The minimum absolute atomic E-state index is 0.131. The predicted octanol–water partition coefficient (Wildman–Crippen LogP) is 4.48. The van der Waals surface area contributed by atoms with E-state index in [4.69, 9.17) is 4.74 Å². The summed E-state index contributed by atoms with van der Waals surface area (Å²) in [4.78, 5) is 12.0. The lowest BCUT2D eigenvalue weighted by atomic mass is 9.93. The topological polar surface area (TPSA) is 26.3 Å². The van der Waals surface area contributed by atoms with Gasteiger partial charge < -0.3 is 4.74 Å². The number of benzene rings is 2. The van der Waals surface area contributed by atoms with Gasteiger partial charge in [0.1, 0.15) is 6.61 Å². The van der Waals surface area contributed by atoms with Gasteiger partial charge in [-0.05, 0) is 23.5 Å². The van der Waals surface area contributed by atoms with E-state index in [1.54, 1.807) is 0 Å². The van der Waals surface area contributed by atoms with Crippen LogP contribution in [-0.2, 0) is 16.1 Å². The molecule has 2 heteroatoms. The second-order valence-electron chi connectivity index (χ2n) is 4.98. The zero-order chi connectivity index (χ0) is 14.9. The molecule has 0 aromatic heterocycles. The zero-order valence-electron chi connectivity index (χ0n) is 12.1. The maximum atomic E-state index is 12.0. The first-order chi connectivity index (χ1) is 10.3. The van der Waals surface area contributed by atoms with Crippen molar-refractivity contribution < 1.29 is 9.53 Å². The van der Waals surface area contributed by atoms with Crippen LogP contribution in [-0.4, -0.2) is 5.97 Å². The Morgan fingerprint density at radius 1 is 1.05 bits per heavy atom. The van der Waals surface area contributed by atoms with Crippen molar-refractivity contribution in [2.45, 2.75) is 25.4 Å². The highest BCUT2D eigenvalue weighted by molar-refractivity contribution is 5.70. The van der Waals surface area contributed by atoms with Gasteiger partial charge >= 0.3 is 5.97 Å². The van der Waals surface area contributed by atoms with Crippen molar-refractivity contribution in [3.05, 3.63) is 84.4 Å². The lowest BCUT2D eigenvalue weighted by molar-refractivity contribution is -0.145. The summed E-state index contributed by atoms with van der Waals surface area (Å²) < 4.78 is 5.35. The van der Waals surface area contributed by atoms with E-state index in [0.717, 1.165) is 17.5 Å². The van der Waals surface area contributed by atoms with Crippen LogP contribution < -0.4 is 0 Å². The van der Waals surface area contributed by atoms with Gasteiger partial charge in [0.05, 0.1) is 6.42 Å². The van der Waals surface area contributed by atoms with Crippen LogP contribution in [0.3, 0.4) is 0 Å². The van der Waals surface area contributed by atoms with Crippen LogP contribution in [0.4, 0.5) is 0 Å². The third-order valence-electron chi connectivity index (χ3n) is 3.38. The van der Waals surface area contributed by atoms with Crippen LogP contribution >= 0.6 is 0 Å². The highest BCUT2D eigenvalue weighted by Gasteiger charge is 2.15. The summed E-state index contributed by atoms with van der Waals surface area (Å²) in [6, 6.07) is 19.8. The lowest BCUT2D eigenvalue weighted by Gasteiger charge is -2.15. The molecule has 2 rings (SSSR count). The molecule has 0 amide bonds. The fraction of sp³-hybridized carbons (Fsp3) is 0.211. The van der Waals surface area contributed by atoms with E-state index >= 15 is 0 Å². The standard InChI is InChI=1S/C19H20O2/c1-2-9-18(17-12-7-4-8-13-17)14-19(20)21-15-16-10-5-3-6-11-16/h2-8,10-13,18H,1,9,14-15H2. The van der Waals surface area contributed by atoms with E-state index in [1.165, 1.54) is 0 Å². The van der Waals surface area contributed by atoms with E-state index in [2.05, 4.69) is 6.58 Å². The molecule has 0 aliphatic rings. The molecule has 21 heavy (non-hydrogen) atoms. The second kappa shape index (κ2) is 8.05. The monoisotopic (exact) mass is 280 g/mol. The van der Waals surface area contributed by atoms with E-state index in [-0.39, 0.29) is 11.9 Å². The average Bonchev–Trinajstić information content (AvgIpc) is 2.54. The molecular weight excluding hydrogens is 260 g/mol. The van der Waals surface area contributed by atoms with Gasteiger partial charge in [-0.15, -0.1) is 6.58 Å². The smallest absolute Gasteiger partial charge is 0.306 e. The molecule has 1 atom stereocenters. The maximum Gasteiger partial charge on any atom is 0.306 e. The summed E-state index contributed by atoms with van der Waals surface area (Å²) in [5.41, 5.74) is 2.15. The van der Waals surface area contributed by atoms with Gasteiger partial charge in [0, 0.05) is 0 Å². The molecule has 1 unspecified atom stereocenters. The van der Waals surface area contributed by atoms with E-state index < -0.39 is 0 Å². The Morgan fingerprint density at radius 3 is 2.29 bits per heavy atom. The van der Waals surface area contributed by atoms with Gasteiger partial charge in [-0.2, -0.15) is 0 Å². The van der Waals surface area contributed by atoms with Gasteiger partial charge in [0.2, 0.25) is 0 Å². The first-order valence-corrected chi connectivity index (χ1v) is 7.15. The summed E-state index contributed by atoms with van der Waals surface area (Å²) in [6.07, 6.45) is 3.00. The molecule has 0 bridgehead atoms. The summed E-state index contributed by atoms with van der Waals surface area (Å²) in [5, 5.41) is 0. The van der Waals surface area contributed by atoms with Crippen LogP contribution in [0.5, 0.6) is 0 Å². The first-order valence-electron chi connectivity index (χ1n) is 7.15. The SMILES string of the molecule is C=CCC(CC(=O)OCc1ccccc1)c1ccccc1. The number of hydrogen-bond donors (Lipinski definition) is 0. The molecule has 2 nitrogen and oxygen atoms in total. The Kier molecular flexibility index (Phi) is 5.77. The molecule has 0 aliphatic heterocycles. The zero-order valence-corrected chi connectivity index (χ0v) is 12.1. The van der Waals surface area contributed by atoms with Crippen molar-refractivity contribution in [3.8, 4) is 0 Å². The Morgan fingerprint density at radius 2 is 1.67 bits per heavy atom. The molecular formula is C19H20O2. The molecule has 2 aromatic rings. The Balaban J connectivity index is 1.91. The largest absolute Gasteiger partial charge is 0.461 e. The molecule has 0 spiro atoms. The fourth-order valence-corrected chi connectivity index (χ4v) is 2.26. The normalized spacial score (nSPS) is 11.6. The number of allylic oxidation sites excluding steroid dienone is 1. The maximum absolute atomic E-state index is 12.0. The van der Waals surface area contributed by atoms with Crippen molar-refractivity contribution in [1.29, 1.82) is 0 Å². The van der Waals surface area contributed by atoms with E-state index in [1.807, 2.05) is 66.7 Å². The second-order valence-corrected chi connectivity index (χ2v) is 4.98. The van der Waals surface area contributed by atoms with Gasteiger partial charge in [-0.25, -0.2) is 0 Å². The minimum Gasteiger partial charge on any atom is -0.461 e. The van der Waals surface area contributed by atoms with E-state index in [9.17, 15) is 4.79 Å². The summed E-state index contributed by atoms with van der Waals surface area (Å²) in [6.45, 7) is 4.10. The molecule has 0 saturated heterocycles. The fourth-order valence-electron chi connectivity index (χ4n) is 2.26. The van der Waals surface area contributed by atoms with Crippen LogP contribution in [0.1, 0.15) is 29.9 Å². The lowest BCUT2D eigenvalue weighted by Crippen LogP contribution is -2.10. The molecule has 2 aromatic carbocycles. The van der Waals surface area contributed by atoms with Crippen molar-refractivity contribution in [3.63, 3.8) is 0 Å². The number of rotatable bonds is 7. The quantitative estimate of drug-likeness (QED) is 0.552. The predicted molar refractivity (Wildman–Crippen MR) is 84.9 cm³/mol. The van der Waals surface area contributed by atoms with Gasteiger partial charge in [0.15, 0.2) is 0 Å². The van der Waals surface area contributed by atoms with Gasteiger partial charge in [-0.3, -0.25) is 4.79 Å². The Hall–Kier alpha value is -2.35. The van der Waals surface area contributed by atoms with Crippen molar-refractivity contribution in [1.82, 2.24) is 0 Å².